The molecule has 0 aromatic heterocycles. The van der Waals surface area contributed by atoms with E-state index in [1.54, 1.807) is 24.3 Å². The first-order chi connectivity index (χ1) is 15.0. The predicted molar refractivity (Wildman–Crippen MR) is 124 cm³/mol. The Morgan fingerprint density at radius 2 is 1.68 bits per heavy atom. The van der Waals surface area contributed by atoms with Gasteiger partial charge in [0.1, 0.15) is 29.8 Å². The number of nitrogens with one attached hydrogen (secondary N) is 1. The first-order valence-corrected chi connectivity index (χ1v) is 10.8. The van der Waals surface area contributed by atoms with Crippen molar-refractivity contribution in [3.05, 3.63) is 104 Å². The maximum atomic E-state index is 13.0. The van der Waals surface area contributed by atoms with E-state index in [2.05, 4.69) is 37.2 Å². The molecule has 0 aliphatic rings. The van der Waals surface area contributed by atoms with Crippen molar-refractivity contribution in [2.45, 2.75) is 13.2 Å². The summed E-state index contributed by atoms with van der Waals surface area (Å²) in [6.07, 6.45) is 1.51. The summed E-state index contributed by atoms with van der Waals surface area (Å²) in [6, 6.07) is 21.0. The summed E-state index contributed by atoms with van der Waals surface area (Å²) in [5.74, 6) is -0.188. The number of carbonyl (C=O) groups is 1. The molecular formula is C24H17Br2FN2O2. The van der Waals surface area contributed by atoms with Crippen molar-refractivity contribution in [1.82, 2.24) is 5.32 Å². The van der Waals surface area contributed by atoms with Gasteiger partial charge in [0.15, 0.2) is 0 Å². The number of hydrogen-bond acceptors (Lipinski definition) is 3. The molecule has 0 aliphatic carbocycles. The highest BCUT2D eigenvalue weighted by atomic mass is 79.9. The van der Waals surface area contributed by atoms with Gasteiger partial charge in [-0.15, -0.1) is 0 Å². The molecule has 3 aromatic carbocycles. The van der Waals surface area contributed by atoms with Crippen molar-refractivity contribution < 1.29 is 13.9 Å². The van der Waals surface area contributed by atoms with Crippen LogP contribution in [-0.4, -0.2) is 5.91 Å². The van der Waals surface area contributed by atoms with E-state index in [-0.39, 0.29) is 18.0 Å². The molecule has 1 N–H and O–H groups in total. The van der Waals surface area contributed by atoms with Gasteiger partial charge in [-0.3, -0.25) is 4.79 Å². The average Bonchev–Trinajstić information content (AvgIpc) is 2.77. The van der Waals surface area contributed by atoms with Crippen molar-refractivity contribution in [3.8, 4) is 11.8 Å². The zero-order chi connectivity index (χ0) is 22.2. The Labute approximate surface area is 196 Å². The summed E-state index contributed by atoms with van der Waals surface area (Å²) in [5, 5.41) is 12.2. The molecule has 0 heterocycles. The van der Waals surface area contributed by atoms with Crippen LogP contribution >= 0.6 is 31.9 Å². The van der Waals surface area contributed by atoms with Crippen LogP contribution in [0.4, 0.5) is 4.39 Å². The molecule has 31 heavy (non-hydrogen) atoms. The lowest BCUT2D eigenvalue weighted by molar-refractivity contribution is -0.117. The van der Waals surface area contributed by atoms with Gasteiger partial charge in [0.25, 0.3) is 5.91 Å². The summed E-state index contributed by atoms with van der Waals surface area (Å²) in [7, 11) is 0. The Balaban J connectivity index is 1.71. The van der Waals surface area contributed by atoms with Gasteiger partial charge in [0, 0.05) is 6.54 Å². The van der Waals surface area contributed by atoms with E-state index in [1.165, 1.54) is 18.2 Å². The molecule has 3 aromatic rings. The fourth-order valence-corrected chi connectivity index (χ4v) is 4.18. The van der Waals surface area contributed by atoms with Gasteiger partial charge in [-0.05, 0) is 78.9 Å². The first-order valence-electron chi connectivity index (χ1n) is 9.26. The quantitative estimate of drug-likeness (QED) is 0.287. The molecule has 0 atom stereocenters. The Bertz CT molecular complexity index is 1120. The lowest BCUT2D eigenvalue weighted by Gasteiger charge is -2.12. The fraction of sp³-hybridized carbons (Fsp3) is 0.0833. The molecule has 7 heteroatoms. The number of amides is 1. The third kappa shape index (κ3) is 6.51. The summed E-state index contributed by atoms with van der Waals surface area (Å²) in [5.41, 5.74) is 2.42. The predicted octanol–water partition coefficient (Wildman–Crippen LogP) is 6.15. The second-order valence-electron chi connectivity index (χ2n) is 6.57. The smallest absolute Gasteiger partial charge is 0.262 e. The Morgan fingerprint density at radius 3 is 2.29 bits per heavy atom. The molecule has 0 unspecified atom stereocenters. The van der Waals surface area contributed by atoms with Crippen LogP contribution in [0.15, 0.2) is 81.2 Å². The number of nitrogens with zero attached hydrogens (tertiary/aromatic N) is 1. The number of rotatable bonds is 7. The molecule has 4 nitrogen and oxygen atoms in total. The van der Waals surface area contributed by atoms with Crippen molar-refractivity contribution in [2.24, 2.45) is 0 Å². The summed E-state index contributed by atoms with van der Waals surface area (Å²) in [4.78, 5) is 12.4. The summed E-state index contributed by atoms with van der Waals surface area (Å²) >= 11 is 6.93. The monoisotopic (exact) mass is 542 g/mol. The number of carbonyl (C=O) groups excluding carboxylic acids is 1. The van der Waals surface area contributed by atoms with Crippen LogP contribution in [0, 0.1) is 17.1 Å². The Morgan fingerprint density at radius 1 is 1.03 bits per heavy atom. The molecule has 0 saturated carbocycles. The molecule has 0 bridgehead atoms. The van der Waals surface area contributed by atoms with E-state index < -0.39 is 5.91 Å². The average molecular weight is 544 g/mol. The van der Waals surface area contributed by atoms with Gasteiger partial charge in [0.05, 0.1) is 8.95 Å². The molecule has 0 saturated heterocycles. The molecular weight excluding hydrogens is 527 g/mol. The van der Waals surface area contributed by atoms with Crippen LogP contribution in [0.2, 0.25) is 0 Å². The molecule has 0 fully saturated rings. The molecule has 0 radical (unpaired) electrons. The maximum absolute atomic E-state index is 13.0. The lowest BCUT2D eigenvalue weighted by atomic mass is 10.1. The van der Waals surface area contributed by atoms with E-state index in [1.807, 2.05) is 36.4 Å². The second-order valence-corrected chi connectivity index (χ2v) is 8.28. The highest BCUT2D eigenvalue weighted by molar-refractivity contribution is 9.11. The first kappa shape index (κ1) is 22.7. The lowest BCUT2D eigenvalue weighted by Crippen LogP contribution is -2.23. The van der Waals surface area contributed by atoms with E-state index >= 15 is 0 Å². The third-order valence-electron chi connectivity index (χ3n) is 4.29. The topological polar surface area (TPSA) is 62.1 Å². The van der Waals surface area contributed by atoms with Crippen molar-refractivity contribution in [1.29, 1.82) is 5.26 Å². The molecule has 0 spiro atoms. The Kier molecular flexibility index (Phi) is 7.99. The van der Waals surface area contributed by atoms with Crippen molar-refractivity contribution in [3.63, 3.8) is 0 Å². The summed E-state index contributed by atoms with van der Waals surface area (Å²) in [6.45, 7) is 0.597. The molecule has 0 aliphatic heterocycles. The fourth-order valence-electron chi connectivity index (χ4n) is 2.73. The van der Waals surface area contributed by atoms with Crippen LogP contribution in [0.3, 0.4) is 0 Å². The van der Waals surface area contributed by atoms with E-state index in [4.69, 9.17) is 4.74 Å². The minimum absolute atomic E-state index is 0.00490. The SMILES string of the molecule is N#C/C(=C/c1cc(Br)c(OCc2ccc(F)cc2)c(Br)c1)C(=O)NCc1ccccc1. The number of halogens is 3. The number of hydrogen-bond donors (Lipinski definition) is 1. The van der Waals surface area contributed by atoms with Crippen LogP contribution in [0.25, 0.3) is 6.08 Å². The van der Waals surface area contributed by atoms with Crippen molar-refractivity contribution in [2.75, 3.05) is 0 Å². The molecule has 1 amide bonds. The Hall–Kier alpha value is -2.95. The number of ether oxygens (including phenoxy) is 1. The minimum Gasteiger partial charge on any atom is -0.487 e. The zero-order valence-electron chi connectivity index (χ0n) is 16.2. The van der Waals surface area contributed by atoms with Gasteiger partial charge in [-0.1, -0.05) is 42.5 Å². The van der Waals surface area contributed by atoms with Crippen LogP contribution < -0.4 is 10.1 Å². The number of benzene rings is 3. The normalized spacial score (nSPS) is 11.0. The maximum Gasteiger partial charge on any atom is 0.262 e. The standard InChI is InChI=1S/C24H17Br2FN2O2/c25-21-11-18(10-19(13-28)24(30)29-14-16-4-2-1-3-5-16)12-22(26)23(21)31-15-17-6-8-20(27)9-7-17/h1-12H,14-15H2,(H,29,30)/b19-10-. The molecule has 3 rings (SSSR count). The van der Waals surface area contributed by atoms with Crippen LogP contribution in [0.5, 0.6) is 5.75 Å². The van der Waals surface area contributed by atoms with Gasteiger partial charge in [-0.25, -0.2) is 4.39 Å². The zero-order valence-corrected chi connectivity index (χ0v) is 19.4. The van der Waals surface area contributed by atoms with Gasteiger partial charge in [-0.2, -0.15) is 5.26 Å². The summed E-state index contributed by atoms with van der Waals surface area (Å²) < 4.78 is 20.2. The van der Waals surface area contributed by atoms with Crippen LogP contribution in [0.1, 0.15) is 16.7 Å². The highest BCUT2D eigenvalue weighted by Gasteiger charge is 2.12. The van der Waals surface area contributed by atoms with Gasteiger partial charge < -0.3 is 10.1 Å². The highest BCUT2D eigenvalue weighted by Crippen LogP contribution is 2.36. The number of nitriles is 1. The largest absolute Gasteiger partial charge is 0.487 e. The van der Waals surface area contributed by atoms with E-state index in [9.17, 15) is 14.4 Å². The van der Waals surface area contributed by atoms with E-state index in [0.717, 1.165) is 11.1 Å². The van der Waals surface area contributed by atoms with E-state index in [0.29, 0.717) is 26.8 Å². The van der Waals surface area contributed by atoms with Crippen LogP contribution in [-0.2, 0) is 17.9 Å². The molecule has 156 valence electrons. The second kappa shape index (κ2) is 10.9. The van der Waals surface area contributed by atoms with Crippen molar-refractivity contribution >= 4 is 43.8 Å². The third-order valence-corrected chi connectivity index (χ3v) is 5.47. The minimum atomic E-state index is -0.449. The van der Waals surface area contributed by atoms with Gasteiger partial charge in [0.2, 0.25) is 0 Å². The van der Waals surface area contributed by atoms with Gasteiger partial charge >= 0.3 is 0 Å².